The molecule has 1 atom stereocenters. The van der Waals surface area contributed by atoms with Crippen molar-refractivity contribution in [2.24, 2.45) is 0 Å². The first kappa shape index (κ1) is 17.2. The number of halogens is 1. The third-order valence-corrected chi connectivity index (χ3v) is 4.89. The van der Waals surface area contributed by atoms with Crippen LogP contribution in [0.1, 0.15) is 17.7 Å². The molecule has 0 radical (unpaired) electrons. The SMILES string of the molecule is COC1CCN(Cc2ccc(C)n(-c3cccs3)c2=O)C1.Cl. The minimum Gasteiger partial charge on any atom is -0.380 e. The number of hydrogen-bond donors (Lipinski definition) is 0. The lowest BCUT2D eigenvalue weighted by Gasteiger charge is -2.17. The zero-order chi connectivity index (χ0) is 14.8. The molecular weight excluding hydrogens is 320 g/mol. The van der Waals surface area contributed by atoms with Crippen molar-refractivity contribution in [1.29, 1.82) is 0 Å². The number of hydrogen-bond acceptors (Lipinski definition) is 4. The fraction of sp³-hybridized carbons (Fsp3) is 0.438. The van der Waals surface area contributed by atoms with Gasteiger partial charge in [-0.25, -0.2) is 0 Å². The standard InChI is InChI=1S/C16H20N2O2S.ClH/c1-12-5-6-13(10-17-8-7-14(11-17)20-2)16(19)18(12)15-4-3-9-21-15;/h3-6,9,14H,7-8,10-11H2,1-2H3;1H. The molecule has 1 aliphatic rings. The van der Waals surface area contributed by atoms with Gasteiger partial charge in [0.25, 0.3) is 5.56 Å². The maximum absolute atomic E-state index is 12.7. The van der Waals surface area contributed by atoms with E-state index in [0.29, 0.717) is 12.6 Å². The molecule has 6 heteroatoms. The summed E-state index contributed by atoms with van der Waals surface area (Å²) in [4.78, 5) is 15.0. The second kappa shape index (κ2) is 7.42. The van der Waals surface area contributed by atoms with E-state index in [2.05, 4.69) is 4.90 Å². The highest BCUT2D eigenvalue weighted by Crippen LogP contribution is 2.17. The molecule has 22 heavy (non-hydrogen) atoms. The maximum atomic E-state index is 12.7. The molecule has 2 aromatic heterocycles. The van der Waals surface area contributed by atoms with Crippen LogP contribution in [0.2, 0.25) is 0 Å². The summed E-state index contributed by atoms with van der Waals surface area (Å²) in [6.07, 6.45) is 1.34. The Kier molecular flexibility index (Phi) is 5.81. The van der Waals surface area contributed by atoms with Crippen molar-refractivity contribution in [3.63, 3.8) is 0 Å². The number of aryl methyl sites for hydroxylation is 1. The molecule has 0 aliphatic carbocycles. The lowest BCUT2D eigenvalue weighted by Crippen LogP contribution is -2.29. The first-order valence-corrected chi connectivity index (χ1v) is 8.07. The highest BCUT2D eigenvalue weighted by Gasteiger charge is 2.23. The van der Waals surface area contributed by atoms with Crippen LogP contribution in [-0.4, -0.2) is 35.8 Å². The minimum absolute atomic E-state index is 0. The maximum Gasteiger partial charge on any atom is 0.260 e. The van der Waals surface area contributed by atoms with Gasteiger partial charge in [-0.15, -0.1) is 23.7 Å². The predicted molar refractivity (Wildman–Crippen MR) is 92.6 cm³/mol. The summed E-state index contributed by atoms with van der Waals surface area (Å²) in [5.41, 5.74) is 1.92. The normalized spacial score (nSPS) is 18.4. The van der Waals surface area contributed by atoms with Crippen molar-refractivity contribution in [3.05, 3.63) is 51.3 Å². The molecule has 1 fully saturated rings. The van der Waals surface area contributed by atoms with Crippen molar-refractivity contribution in [2.75, 3.05) is 20.2 Å². The highest BCUT2D eigenvalue weighted by molar-refractivity contribution is 7.12. The summed E-state index contributed by atoms with van der Waals surface area (Å²) >= 11 is 1.59. The highest BCUT2D eigenvalue weighted by atomic mass is 35.5. The Morgan fingerprint density at radius 2 is 2.18 bits per heavy atom. The van der Waals surface area contributed by atoms with Crippen molar-refractivity contribution in [3.8, 4) is 5.00 Å². The van der Waals surface area contributed by atoms with Crippen molar-refractivity contribution in [2.45, 2.75) is 26.0 Å². The average Bonchev–Trinajstić information content (AvgIpc) is 3.13. The summed E-state index contributed by atoms with van der Waals surface area (Å²) in [5, 5.41) is 2.98. The molecule has 1 aliphatic heterocycles. The van der Waals surface area contributed by atoms with Crippen LogP contribution in [0, 0.1) is 6.92 Å². The number of aromatic nitrogens is 1. The molecule has 0 N–H and O–H groups in total. The second-order valence-corrected chi connectivity index (χ2v) is 6.40. The topological polar surface area (TPSA) is 34.5 Å². The van der Waals surface area contributed by atoms with E-state index in [1.807, 2.05) is 41.1 Å². The van der Waals surface area contributed by atoms with Crippen LogP contribution < -0.4 is 5.56 Å². The van der Waals surface area contributed by atoms with Gasteiger partial charge in [-0.3, -0.25) is 14.3 Å². The molecule has 1 saturated heterocycles. The van der Waals surface area contributed by atoms with E-state index in [1.165, 1.54) is 0 Å². The van der Waals surface area contributed by atoms with E-state index >= 15 is 0 Å². The number of nitrogens with zero attached hydrogens (tertiary/aromatic N) is 2. The van der Waals surface area contributed by atoms with E-state index < -0.39 is 0 Å². The summed E-state index contributed by atoms with van der Waals surface area (Å²) in [6, 6.07) is 7.95. The zero-order valence-corrected chi connectivity index (χ0v) is 14.5. The Balaban J connectivity index is 0.00000176. The van der Waals surface area contributed by atoms with E-state index in [1.54, 1.807) is 18.4 Å². The van der Waals surface area contributed by atoms with Gasteiger partial charge in [0.15, 0.2) is 0 Å². The minimum atomic E-state index is 0. The van der Waals surface area contributed by atoms with Crippen LogP contribution in [0.25, 0.3) is 5.00 Å². The number of thiophene rings is 1. The Bertz CT molecular complexity index is 669. The third-order valence-electron chi connectivity index (χ3n) is 4.04. The molecular formula is C16H21ClN2O2S. The molecule has 2 aromatic rings. The van der Waals surface area contributed by atoms with Crippen LogP contribution in [0.4, 0.5) is 0 Å². The van der Waals surface area contributed by atoms with Gasteiger partial charge in [0.2, 0.25) is 0 Å². The van der Waals surface area contributed by atoms with Gasteiger partial charge in [-0.1, -0.05) is 6.07 Å². The first-order valence-electron chi connectivity index (χ1n) is 7.19. The van der Waals surface area contributed by atoms with Crippen LogP contribution in [0.5, 0.6) is 0 Å². The van der Waals surface area contributed by atoms with Crippen molar-refractivity contribution >= 4 is 23.7 Å². The van der Waals surface area contributed by atoms with Gasteiger partial charge < -0.3 is 4.74 Å². The zero-order valence-electron chi connectivity index (χ0n) is 12.8. The summed E-state index contributed by atoms with van der Waals surface area (Å²) in [6.45, 7) is 4.57. The van der Waals surface area contributed by atoms with Gasteiger partial charge in [0.05, 0.1) is 6.10 Å². The molecule has 0 spiro atoms. The molecule has 0 amide bonds. The smallest absolute Gasteiger partial charge is 0.260 e. The van der Waals surface area contributed by atoms with Crippen LogP contribution >= 0.6 is 23.7 Å². The molecule has 0 saturated carbocycles. The number of methoxy groups -OCH3 is 1. The number of likely N-dealkylation sites (tertiary alicyclic amines) is 1. The van der Waals surface area contributed by atoms with Crippen molar-refractivity contribution < 1.29 is 4.74 Å². The fourth-order valence-electron chi connectivity index (χ4n) is 2.84. The number of pyridine rings is 1. The quantitative estimate of drug-likeness (QED) is 0.858. The Morgan fingerprint density at radius 1 is 1.36 bits per heavy atom. The Labute approximate surface area is 140 Å². The first-order chi connectivity index (χ1) is 10.2. The van der Waals surface area contributed by atoms with Gasteiger partial charge in [-0.05, 0) is 36.9 Å². The second-order valence-electron chi connectivity index (χ2n) is 5.47. The largest absolute Gasteiger partial charge is 0.380 e. The Morgan fingerprint density at radius 3 is 2.82 bits per heavy atom. The molecule has 4 nitrogen and oxygen atoms in total. The van der Waals surface area contributed by atoms with Gasteiger partial charge in [0, 0.05) is 38.0 Å². The molecule has 120 valence electrons. The van der Waals surface area contributed by atoms with E-state index in [0.717, 1.165) is 35.8 Å². The molecule has 0 bridgehead atoms. The predicted octanol–water partition coefficient (Wildman–Crippen LogP) is 2.85. The summed E-state index contributed by atoms with van der Waals surface area (Å²) < 4.78 is 7.20. The monoisotopic (exact) mass is 340 g/mol. The molecule has 0 aromatic carbocycles. The lowest BCUT2D eigenvalue weighted by atomic mass is 10.2. The number of rotatable bonds is 4. The molecule has 1 unspecified atom stereocenters. The van der Waals surface area contributed by atoms with E-state index in [9.17, 15) is 4.79 Å². The van der Waals surface area contributed by atoms with E-state index in [4.69, 9.17) is 4.74 Å². The average molecular weight is 341 g/mol. The number of ether oxygens (including phenoxy) is 1. The van der Waals surface area contributed by atoms with Crippen LogP contribution in [0.3, 0.4) is 0 Å². The Hall–Kier alpha value is -1.14. The lowest BCUT2D eigenvalue weighted by molar-refractivity contribution is 0.107. The van der Waals surface area contributed by atoms with Crippen LogP contribution in [-0.2, 0) is 11.3 Å². The van der Waals surface area contributed by atoms with Gasteiger partial charge >= 0.3 is 0 Å². The fourth-order valence-corrected chi connectivity index (χ4v) is 3.62. The summed E-state index contributed by atoms with van der Waals surface area (Å²) in [5.74, 6) is 0. The molecule has 3 heterocycles. The third kappa shape index (κ3) is 3.43. The van der Waals surface area contributed by atoms with E-state index in [-0.39, 0.29) is 18.0 Å². The van der Waals surface area contributed by atoms with Crippen LogP contribution in [0.15, 0.2) is 34.4 Å². The van der Waals surface area contributed by atoms with Crippen molar-refractivity contribution in [1.82, 2.24) is 9.47 Å². The summed E-state index contributed by atoms with van der Waals surface area (Å²) in [7, 11) is 1.75. The van der Waals surface area contributed by atoms with Gasteiger partial charge in [-0.2, -0.15) is 0 Å². The molecule has 3 rings (SSSR count). The van der Waals surface area contributed by atoms with Gasteiger partial charge in [0.1, 0.15) is 5.00 Å².